The SMILES string of the molecule is C[C@H]1CC[C@H](CC[C@H]2CC[C@H](c3ccc(-c4ccc(Cl)cc4)cc3)CC2)CC1. The van der Waals surface area contributed by atoms with Gasteiger partial charge in [0, 0.05) is 5.02 Å². The van der Waals surface area contributed by atoms with E-state index in [1.807, 2.05) is 12.1 Å². The van der Waals surface area contributed by atoms with Crippen molar-refractivity contribution in [2.24, 2.45) is 17.8 Å². The molecule has 0 aromatic heterocycles. The summed E-state index contributed by atoms with van der Waals surface area (Å²) in [5, 5.41) is 0.801. The molecule has 2 aliphatic rings. The highest BCUT2D eigenvalue weighted by atomic mass is 35.5. The molecular formula is C27H35Cl. The molecule has 2 saturated carbocycles. The van der Waals surface area contributed by atoms with Crippen LogP contribution in [0.25, 0.3) is 11.1 Å². The zero-order valence-corrected chi connectivity index (χ0v) is 18.1. The van der Waals surface area contributed by atoms with Crippen LogP contribution in [0.2, 0.25) is 5.02 Å². The Bertz CT molecular complexity index is 714. The van der Waals surface area contributed by atoms with Crippen molar-refractivity contribution in [1.29, 1.82) is 0 Å². The molecule has 0 radical (unpaired) electrons. The first-order valence-corrected chi connectivity index (χ1v) is 11.9. The average molecular weight is 395 g/mol. The fourth-order valence-electron chi connectivity index (χ4n) is 5.46. The normalized spacial score (nSPS) is 28.2. The van der Waals surface area contributed by atoms with E-state index in [4.69, 9.17) is 11.6 Å². The Morgan fingerprint density at radius 3 is 1.64 bits per heavy atom. The molecule has 0 bridgehead atoms. The quantitative estimate of drug-likeness (QED) is 0.474. The minimum absolute atomic E-state index is 0.769. The zero-order chi connectivity index (χ0) is 19.3. The van der Waals surface area contributed by atoms with Crippen LogP contribution >= 0.6 is 11.6 Å². The van der Waals surface area contributed by atoms with Crippen molar-refractivity contribution in [3.8, 4) is 11.1 Å². The van der Waals surface area contributed by atoms with Crippen LogP contribution in [-0.4, -0.2) is 0 Å². The lowest BCUT2D eigenvalue weighted by molar-refractivity contribution is 0.237. The molecule has 28 heavy (non-hydrogen) atoms. The lowest BCUT2D eigenvalue weighted by atomic mass is 9.74. The largest absolute Gasteiger partial charge is 0.0843 e. The molecule has 1 heteroatoms. The summed E-state index contributed by atoms with van der Waals surface area (Å²) < 4.78 is 0. The van der Waals surface area contributed by atoms with Gasteiger partial charge in [0.05, 0.1) is 0 Å². The fraction of sp³-hybridized carbons (Fsp3) is 0.556. The lowest BCUT2D eigenvalue weighted by Crippen LogP contribution is -2.16. The predicted octanol–water partition coefficient (Wildman–Crippen LogP) is 8.89. The summed E-state index contributed by atoms with van der Waals surface area (Å²) in [6.07, 6.45) is 14.6. The van der Waals surface area contributed by atoms with Gasteiger partial charge in [0.1, 0.15) is 0 Å². The highest BCUT2D eigenvalue weighted by Crippen LogP contribution is 2.40. The van der Waals surface area contributed by atoms with Crippen molar-refractivity contribution < 1.29 is 0 Å². The number of hydrogen-bond donors (Lipinski definition) is 0. The van der Waals surface area contributed by atoms with Gasteiger partial charge in [-0.2, -0.15) is 0 Å². The molecule has 0 nitrogen and oxygen atoms in total. The smallest absolute Gasteiger partial charge is 0.0406 e. The van der Waals surface area contributed by atoms with Gasteiger partial charge in [0.25, 0.3) is 0 Å². The summed E-state index contributed by atoms with van der Waals surface area (Å²) in [7, 11) is 0. The van der Waals surface area contributed by atoms with Gasteiger partial charge in [0.15, 0.2) is 0 Å². The molecule has 0 spiro atoms. The Morgan fingerprint density at radius 2 is 1.11 bits per heavy atom. The van der Waals surface area contributed by atoms with Crippen LogP contribution in [-0.2, 0) is 0 Å². The molecular weight excluding hydrogens is 360 g/mol. The van der Waals surface area contributed by atoms with Crippen LogP contribution in [0.4, 0.5) is 0 Å². The van der Waals surface area contributed by atoms with Gasteiger partial charge < -0.3 is 0 Å². The summed E-state index contributed by atoms with van der Waals surface area (Å²) in [6, 6.07) is 17.4. The third-order valence-corrected chi connectivity index (χ3v) is 7.78. The number of halogens is 1. The maximum Gasteiger partial charge on any atom is 0.0406 e. The summed E-state index contributed by atoms with van der Waals surface area (Å²) >= 11 is 6.01. The van der Waals surface area contributed by atoms with Crippen LogP contribution < -0.4 is 0 Å². The molecule has 2 aromatic rings. The Morgan fingerprint density at radius 1 is 0.643 bits per heavy atom. The molecule has 0 saturated heterocycles. The van der Waals surface area contributed by atoms with Crippen molar-refractivity contribution in [2.75, 3.05) is 0 Å². The Balaban J connectivity index is 1.25. The van der Waals surface area contributed by atoms with Gasteiger partial charge in [0.2, 0.25) is 0 Å². The van der Waals surface area contributed by atoms with E-state index in [-0.39, 0.29) is 0 Å². The summed E-state index contributed by atoms with van der Waals surface area (Å²) in [6.45, 7) is 2.43. The van der Waals surface area contributed by atoms with Gasteiger partial charge in [-0.15, -0.1) is 0 Å². The first-order valence-electron chi connectivity index (χ1n) is 11.5. The van der Waals surface area contributed by atoms with Crippen molar-refractivity contribution in [3.05, 3.63) is 59.1 Å². The molecule has 0 heterocycles. The van der Waals surface area contributed by atoms with E-state index in [9.17, 15) is 0 Å². The van der Waals surface area contributed by atoms with Crippen LogP contribution in [0.3, 0.4) is 0 Å². The fourth-order valence-corrected chi connectivity index (χ4v) is 5.59. The zero-order valence-electron chi connectivity index (χ0n) is 17.4. The van der Waals surface area contributed by atoms with Crippen LogP contribution in [0.15, 0.2) is 48.5 Å². The monoisotopic (exact) mass is 394 g/mol. The second-order valence-corrected chi connectivity index (χ2v) is 9.99. The molecule has 0 unspecified atom stereocenters. The Hall–Kier alpha value is -1.27. The Labute approximate surface area is 176 Å². The third-order valence-electron chi connectivity index (χ3n) is 7.52. The molecule has 4 rings (SSSR count). The number of rotatable bonds is 5. The molecule has 0 atom stereocenters. The highest BCUT2D eigenvalue weighted by Gasteiger charge is 2.24. The molecule has 0 N–H and O–H groups in total. The van der Waals surface area contributed by atoms with E-state index < -0.39 is 0 Å². The van der Waals surface area contributed by atoms with E-state index in [0.29, 0.717) is 0 Å². The second-order valence-electron chi connectivity index (χ2n) is 9.55. The van der Waals surface area contributed by atoms with E-state index >= 15 is 0 Å². The van der Waals surface area contributed by atoms with Gasteiger partial charge in [-0.05, 0) is 78.2 Å². The molecule has 0 amide bonds. The number of hydrogen-bond acceptors (Lipinski definition) is 0. The highest BCUT2D eigenvalue weighted by molar-refractivity contribution is 6.30. The van der Waals surface area contributed by atoms with Crippen molar-refractivity contribution >= 4 is 11.6 Å². The molecule has 2 aliphatic carbocycles. The van der Waals surface area contributed by atoms with E-state index in [1.165, 1.54) is 80.9 Å². The van der Waals surface area contributed by atoms with Crippen molar-refractivity contribution in [2.45, 2.75) is 77.0 Å². The summed E-state index contributed by atoms with van der Waals surface area (Å²) in [5.74, 6) is 3.78. The Kier molecular flexibility index (Phi) is 6.78. The molecule has 2 fully saturated rings. The van der Waals surface area contributed by atoms with Crippen molar-refractivity contribution in [1.82, 2.24) is 0 Å². The molecule has 0 aliphatic heterocycles. The van der Waals surface area contributed by atoms with E-state index in [1.54, 1.807) is 0 Å². The maximum atomic E-state index is 6.01. The predicted molar refractivity (Wildman–Crippen MR) is 122 cm³/mol. The molecule has 2 aromatic carbocycles. The van der Waals surface area contributed by atoms with Crippen molar-refractivity contribution in [3.63, 3.8) is 0 Å². The summed E-state index contributed by atoms with van der Waals surface area (Å²) in [5.41, 5.74) is 4.07. The van der Waals surface area contributed by atoms with E-state index in [2.05, 4.69) is 43.3 Å². The average Bonchev–Trinajstić information content (AvgIpc) is 2.74. The van der Waals surface area contributed by atoms with Crippen LogP contribution in [0, 0.1) is 17.8 Å². The number of benzene rings is 2. The maximum absolute atomic E-state index is 6.01. The van der Waals surface area contributed by atoms with Crippen LogP contribution in [0.5, 0.6) is 0 Å². The van der Waals surface area contributed by atoms with Gasteiger partial charge in [-0.25, -0.2) is 0 Å². The minimum atomic E-state index is 0.769. The van der Waals surface area contributed by atoms with Gasteiger partial charge >= 0.3 is 0 Å². The lowest BCUT2D eigenvalue weighted by Gasteiger charge is -2.31. The second kappa shape index (κ2) is 9.49. The van der Waals surface area contributed by atoms with Crippen LogP contribution in [0.1, 0.15) is 82.6 Å². The third kappa shape index (κ3) is 5.20. The summed E-state index contributed by atoms with van der Waals surface area (Å²) in [4.78, 5) is 0. The van der Waals surface area contributed by atoms with Gasteiger partial charge in [-0.1, -0.05) is 93.4 Å². The first kappa shape index (κ1) is 20.0. The minimum Gasteiger partial charge on any atom is -0.0843 e. The topological polar surface area (TPSA) is 0 Å². The molecule has 150 valence electrons. The van der Waals surface area contributed by atoms with E-state index in [0.717, 1.165) is 28.7 Å². The van der Waals surface area contributed by atoms with Gasteiger partial charge in [-0.3, -0.25) is 0 Å². The first-order chi connectivity index (χ1) is 13.7. The standard InChI is InChI=1S/C27H35Cl/c1-20-2-4-21(5-3-20)6-7-22-8-10-23(11-9-22)24-12-14-25(15-13-24)26-16-18-27(28)19-17-26/h12-23H,2-11H2,1H3/t20-,21-,22-,23-.